The van der Waals surface area contributed by atoms with Crippen molar-refractivity contribution in [1.29, 1.82) is 0 Å². The molecule has 20 heavy (non-hydrogen) atoms. The molecule has 0 fully saturated rings. The minimum absolute atomic E-state index is 0.216. The summed E-state index contributed by atoms with van der Waals surface area (Å²) in [5.41, 5.74) is 11.9. The molecule has 2 rings (SSSR count). The van der Waals surface area contributed by atoms with Gasteiger partial charge in [-0.25, -0.2) is 4.68 Å². The number of aryl methyl sites for hydroxylation is 1. The predicted molar refractivity (Wildman–Crippen MR) is 87.4 cm³/mol. The van der Waals surface area contributed by atoms with Crippen molar-refractivity contribution >= 4 is 15.9 Å². The van der Waals surface area contributed by atoms with Gasteiger partial charge in [0.15, 0.2) is 0 Å². The van der Waals surface area contributed by atoms with E-state index in [1.165, 1.54) is 16.8 Å². The second-order valence-corrected chi connectivity index (χ2v) is 6.21. The van der Waals surface area contributed by atoms with Crippen LogP contribution in [0.5, 0.6) is 0 Å². The van der Waals surface area contributed by atoms with Crippen LogP contribution in [0.15, 0.2) is 22.7 Å². The smallest absolute Gasteiger partial charge is 0.0660 e. The molecule has 2 N–H and O–H groups in total. The van der Waals surface area contributed by atoms with Gasteiger partial charge in [-0.2, -0.15) is 5.10 Å². The fourth-order valence-electron chi connectivity index (χ4n) is 2.23. The molecule has 3 nitrogen and oxygen atoms in total. The van der Waals surface area contributed by atoms with E-state index in [0.717, 1.165) is 28.7 Å². The van der Waals surface area contributed by atoms with Crippen molar-refractivity contribution < 1.29 is 0 Å². The van der Waals surface area contributed by atoms with Crippen LogP contribution in [0.2, 0.25) is 0 Å². The Morgan fingerprint density at radius 1 is 1.30 bits per heavy atom. The predicted octanol–water partition coefficient (Wildman–Crippen LogP) is 3.84. The van der Waals surface area contributed by atoms with Crippen molar-refractivity contribution in [2.24, 2.45) is 5.73 Å². The molecule has 1 atom stereocenters. The number of hydrogen-bond acceptors (Lipinski definition) is 2. The van der Waals surface area contributed by atoms with Crippen LogP contribution in [0.25, 0.3) is 5.69 Å². The topological polar surface area (TPSA) is 43.8 Å². The zero-order valence-electron chi connectivity index (χ0n) is 12.6. The summed E-state index contributed by atoms with van der Waals surface area (Å²) in [5.74, 6) is 0. The molecule has 0 spiro atoms. The van der Waals surface area contributed by atoms with Crippen molar-refractivity contribution in [3.05, 3.63) is 45.2 Å². The maximum atomic E-state index is 6.03. The average Bonchev–Trinajstić information content (AvgIpc) is 2.68. The number of hydrogen-bond donors (Lipinski definition) is 1. The Bertz CT molecular complexity index is 616. The third kappa shape index (κ3) is 2.96. The molecular formula is C16H22BrN3. The van der Waals surface area contributed by atoms with E-state index < -0.39 is 0 Å². The summed E-state index contributed by atoms with van der Waals surface area (Å²) in [6, 6.07) is 6.59. The van der Waals surface area contributed by atoms with Crippen LogP contribution >= 0.6 is 15.9 Å². The van der Waals surface area contributed by atoms with E-state index >= 15 is 0 Å². The Balaban J connectivity index is 2.35. The summed E-state index contributed by atoms with van der Waals surface area (Å²) in [4.78, 5) is 0. The molecule has 108 valence electrons. The molecule has 0 saturated carbocycles. The highest BCUT2D eigenvalue weighted by Gasteiger charge is 2.11. The summed E-state index contributed by atoms with van der Waals surface area (Å²) in [6.07, 6.45) is 1.89. The molecule has 0 radical (unpaired) electrons. The van der Waals surface area contributed by atoms with Crippen LogP contribution in [0.1, 0.15) is 35.9 Å². The molecule has 0 aliphatic rings. The fourth-order valence-corrected chi connectivity index (χ4v) is 2.76. The summed E-state index contributed by atoms with van der Waals surface area (Å²) in [5, 5.41) is 4.60. The molecule has 1 aromatic carbocycles. The van der Waals surface area contributed by atoms with Crippen molar-refractivity contribution in [3.63, 3.8) is 0 Å². The highest BCUT2D eigenvalue weighted by molar-refractivity contribution is 9.10. The molecule has 1 heterocycles. The fraction of sp³-hybridized carbons (Fsp3) is 0.438. The molecule has 4 heteroatoms. The van der Waals surface area contributed by atoms with Crippen molar-refractivity contribution in [1.82, 2.24) is 9.78 Å². The molecule has 0 amide bonds. The summed E-state index contributed by atoms with van der Waals surface area (Å²) in [6.45, 7) is 8.37. The lowest BCUT2D eigenvalue weighted by atomic mass is 10.0. The Hall–Kier alpha value is -1.13. The van der Waals surface area contributed by atoms with Gasteiger partial charge in [0.2, 0.25) is 0 Å². The lowest BCUT2D eigenvalue weighted by molar-refractivity contribution is 0.645. The second kappa shape index (κ2) is 6.10. The highest BCUT2D eigenvalue weighted by Crippen LogP contribution is 2.24. The van der Waals surface area contributed by atoms with E-state index in [1.807, 2.05) is 11.6 Å². The zero-order chi connectivity index (χ0) is 14.9. The first-order valence-corrected chi connectivity index (χ1v) is 7.80. The Kier molecular flexibility index (Phi) is 4.66. The summed E-state index contributed by atoms with van der Waals surface area (Å²) < 4.78 is 3.10. The molecule has 2 aromatic rings. The van der Waals surface area contributed by atoms with Gasteiger partial charge in [-0.1, -0.05) is 28.9 Å². The lowest BCUT2D eigenvalue weighted by Gasteiger charge is -2.12. The van der Waals surface area contributed by atoms with E-state index in [1.54, 1.807) is 0 Å². The number of rotatable bonds is 4. The van der Waals surface area contributed by atoms with E-state index in [4.69, 9.17) is 5.73 Å². The van der Waals surface area contributed by atoms with Crippen LogP contribution in [0.3, 0.4) is 0 Å². The maximum Gasteiger partial charge on any atom is 0.0660 e. The Morgan fingerprint density at radius 2 is 2.00 bits per heavy atom. The molecule has 1 aromatic heterocycles. The van der Waals surface area contributed by atoms with Crippen molar-refractivity contribution in [2.45, 2.75) is 46.6 Å². The minimum Gasteiger partial charge on any atom is -0.327 e. The normalized spacial score (nSPS) is 12.7. The SMILES string of the molecule is CCC(N)Cc1ccc(-n2nc(C)c(C)c2C)cc1Br. The van der Waals surface area contributed by atoms with Crippen LogP contribution in [-0.2, 0) is 6.42 Å². The number of nitrogens with two attached hydrogens (primary N) is 1. The van der Waals surface area contributed by atoms with Gasteiger partial charge < -0.3 is 5.73 Å². The number of benzene rings is 1. The molecule has 0 saturated heterocycles. The molecule has 0 aliphatic carbocycles. The first-order valence-electron chi connectivity index (χ1n) is 7.01. The zero-order valence-corrected chi connectivity index (χ0v) is 14.2. The second-order valence-electron chi connectivity index (χ2n) is 5.36. The van der Waals surface area contributed by atoms with Gasteiger partial charge in [-0.15, -0.1) is 0 Å². The third-order valence-corrected chi connectivity index (χ3v) is 4.68. The first kappa shape index (κ1) is 15.3. The average molecular weight is 336 g/mol. The minimum atomic E-state index is 0.216. The number of halogens is 1. The van der Waals surface area contributed by atoms with Gasteiger partial charge in [0.25, 0.3) is 0 Å². The van der Waals surface area contributed by atoms with Gasteiger partial charge in [-0.3, -0.25) is 0 Å². The van der Waals surface area contributed by atoms with Crippen LogP contribution in [-0.4, -0.2) is 15.8 Å². The Labute approximate surface area is 129 Å². The molecule has 0 aliphatic heterocycles. The lowest BCUT2D eigenvalue weighted by Crippen LogP contribution is -2.21. The van der Waals surface area contributed by atoms with E-state index in [-0.39, 0.29) is 6.04 Å². The first-order chi connectivity index (χ1) is 9.43. The number of nitrogens with zero attached hydrogens (tertiary/aromatic N) is 2. The van der Waals surface area contributed by atoms with E-state index in [0.29, 0.717) is 0 Å². The van der Waals surface area contributed by atoms with Gasteiger partial charge in [-0.05, 0) is 56.9 Å². The monoisotopic (exact) mass is 335 g/mol. The standard InChI is InChI=1S/C16H22BrN3/c1-5-14(18)8-13-6-7-15(9-16(13)17)20-12(4)10(2)11(3)19-20/h6-7,9,14H,5,8,18H2,1-4H3. The van der Waals surface area contributed by atoms with Crippen molar-refractivity contribution in [2.75, 3.05) is 0 Å². The van der Waals surface area contributed by atoms with Gasteiger partial charge >= 0.3 is 0 Å². The summed E-state index contributed by atoms with van der Waals surface area (Å²) in [7, 11) is 0. The molecule has 0 bridgehead atoms. The van der Waals surface area contributed by atoms with Gasteiger partial charge in [0, 0.05) is 16.2 Å². The van der Waals surface area contributed by atoms with Gasteiger partial charge in [0.1, 0.15) is 0 Å². The quantitative estimate of drug-likeness (QED) is 0.922. The Morgan fingerprint density at radius 3 is 2.50 bits per heavy atom. The molecule has 1 unspecified atom stereocenters. The summed E-state index contributed by atoms with van der Waals surface area (Å²) >= 11 is 3.66. The largest absolute Gasteiger partial charge is 0.327 e. The third-order valence-electron chi connectivity index (χ3n) is 3.94. The van der Waals surface area contributed by atoms with Crippen LogP contribution < -0.4 is 5.73 Å². The maximum absolute atomic E-state index is 6.03. The van der Waals surface area contributed by atoms with Crippen LogP contribution in [0.4, 0.5) is 0 Å². The van der Waals surface area contributed by atoms with E-state index in [9.17, 15) is 0 Å². The van der Waals surface area contributed by atoms with Gasteiger partial charge in [0.05, 0.1) is 11.4 Å². The highest BCUT2D eigenvalue weighted by atomic mass is 79.9. The van der Waals surface area contributed by atoms with E-state index in [2.05, 4.69) is 60.0 Å². The van der Waals surface area contributed by atoms with Crippen LogP contribution in [0, 0.1) is 20.8 Å². The van der Waals surface area contributed by atoms with Crippen molar-refractivity contribution in [3.8, 4) is 5.69 Å². The molecular weight excluding hydrogens is 314 g/mol. The number of aromatic nitrogens is 2.